The van der Waals surface area contributed by atoms with Crippen LogP contribution in [-0.4, -0.2) is 39.4 Å². The van der Waals surface area contributed by atoms with Gasteiger partial charge in [-0.1, -0.05) is 12.8 Å². The van der Waals surface area contributed by atoms with E-state index in [1.807, 2.05) is 15.7 Å². The number of nitrogens with two attached hydrogens (primary N) is 1. The topological polar surface area (TPSA) is 81.2 Å². The number of likely N-dealkylation sites (tertiary alicyclic amines) is 1. The van der Waals surface area contributed by atoms with Gasteiger partial charge in [-0.15, -0.1) is 0 Å². The normalized spacial score (nSPS) is 25.2. The minimum absolute atomic E-state index is 0.106. The Morgan fingerprint density at radius 1 is 1.36 bits per heavy atom. The number of nitrogens with zero attached hydrogens (tertiary/aromatic N) is 3. The predicted molar refractivity (Wildman–Crippen MR) is 81.6 cm³/mol. The van der Waals surface area contributed by atoms with Crippen LogP contribution in [0.1, 0.15) is 38.5 Å². The van der Waals surface area contributed by atoms with Crippen molar-refractivity contribution in [1.82, 2.24) is 14.5 Å². The van der Waals surface area contributed by atoms with E-state index in [1.165, 1.54) is 12.8 Å². The number of primary amides is 1. The molecular weight excluding hydrogens is 280 g/mol. The van der Waals surface area contributed by atoms with Crippen LogP contribution in [0.15, 0.2) is 18.7 Å². The van der Waals surface area contributed by atoms with Gasteiger partial charge in [0.05, 0.1) is 11.7 Å². The summed E-state index contributed by atoms with van der Waals surface area (Å²) in [7, 11) is 0. The highest BCUT2D eigenvalue weighted by Crippen LogP contribution is 2.44. The molecule has 2 N–H and O–H groups in total. The number of rotatable bonds is 6. The van der Waals surface area contributed by atoms with E-state index in [1.54, 1.807) is 12.5 Å². The van der Waals surface area contributed by atoms with E-state index in [0.717, 1.165) is 25.8 Å². The molecule has 0 spiro atoms. The standard InChI is InChI=1S/C16H24N4O2/c17-15(22)16(10-13-2-3-13)5-1-7-20(11-16)14(21)4-8-19-9-6-18-12-19/h6,9,12-13H,1-5,7-8,10-11H2,(H2,17,22). The second kappa shape index (κ2) is 6.10. The highest BCUT2D eigenvalue weighted by molar-refractivity contribution is 5.83. The summed E-state index contributed by atoms with van der Waals surface area (Å²) in [5, 5.41) is 0. The van der Waals surface area contributed by atoms with Crippen molar-refractivity contribution in [2.24, 2.45) is 17.1 Å². The average molecular weight is 304 g/mol. The van der Waals surface area contributed by atoms with E-state index in [0.29, 0.717) is 25.4 Å². The minimum Gasteiger partial charge on any atom is -0.369 e. The number of aryl methyl sites for hydroxylation is 1. The number of hydrogen-bond donors (Lipinski definition) is 1. The Bertz CT molecular complexity index is 538. The third kappa shape index (κ3) is 3.31. The van der Waals surface area contributed by atoms with Gasteiger partial charge in [0.1, 0.15) is 0 Å². The monoisotopic (exact) mass is 304 g/mol. The summed E-state index contributed by atoms with van der Waals surface area (Å²) < 4.78 is 1.90. The summed E-state index contributed by atoms with van der Waals surface area (Å²) >= 11 is 0. The molecule has 2 amide bonds. The van der Waals surface area contributed by atoms with Gasteiger partial charge in [0.25, 0.3) is 0 Å². The molecule has 120 valence electrons. The molecule has 6 nitrogen and oxygen atoms in total. The molecule has 1 saturated heterocycles. The molecule has 0 radical (unpaired) electrons. The lowest BCUT2D eigenvalue weighted by Gasteiger charge is -2.41. The molecule has 1 aliphatic heterocycles. The molecule has 2 heterocycles. The first-order valence-electron chi connectivity index (χ1n) is 8.12. The lowest BCUT2D eigenvalue weighted by molar-refractivity contribution is -0.140. The molecule has 0 aromatic carbocycles. The van der Waals surface area contributed by atoms with Crippen LogP contribution in [0.25, 0.3) is 0 Å². The number of aromatic nitrogens is 2. The first-order valence-corrected chi connectivity index (χ1v) is 8.12. The third-order valence-electron chi connectivity index (χ3n) is 4.97. The van der Waals surface area contributed by atoms with E-state index in [-0.39, 0.29) is 11.8 Å². The number of carbonyl (C=O) groups is 2. The molecule has 22 heavy (non-hydrogen) atoms. The minimum atomic E-state index is -0.496. The summed E-state index contributed by atoms with van der Waals surface area (Å²) in [6, 6.07) is 0. The Balaban J connectivity index is 1.60. The first-order chi connectivity index (χ1) is 10.6. The van der Waals surface area contributed by atoms with Crippen LogP contribution in [-0.2, 0) is 16.1 Å². The Morgan fingerprint density at radius 3 is 2.82 bits per heavy atom. The predicted octanol–water partition coefficient (Wildman–Crippen LogP) is 1.17. The number of piperidine rings is 1. The molecule has 3 rings (SSSR count). The third-order valence-corrected chi connectivity index (χ3v) is 4.97. The number of imidazole rings is 1. The zero-order chi connectivity index (χ0) is 15.6. The largest absolute Gasteiger partial charge is 0.369 e. The van der Waals surface area contributed by atoms with E-state index in [2.05, 4.69) is 4.98 Å². The molecular formula is C16H24N4O2. The fourth-order valence-electron chi connectivity index (χ4n) is 3.49. The van der Waals surface area contributed by atoms with Gasteiger partial charge >= 0.3 is 0 Å². The molecule has 1 atom stereocenters. The van der Waals surface area contributed by atoms with Crippen molar-refractivity contribution in [2.45, 2.75) is 45.1 Å². The van der Waals surface area contributed by atoms with Gasteiger partial charge in [-0.05, 0) is 25.2 Å². The molecule has 1 aliphatic carbocycles. The van der Waals surface area contributed by atoms with Crippen LogP contribution >= 0.6 is 0 Å². The van der Waals surface area contributed by atoms with Gasteiger partial charge in [0, 0.05) is 38.4 Å². The smallest absolute Gasteiger partial charge is 0.225 e. The van der Waals surface area contributed by atoms with Gasteiger partial charge in [-0.2, -0.15) is 0 Å². The summed E-state index contributed by atoms with van der Waals surface area (Å²) in [4.78, 5) is 30.3. The van der Waals surface area contributed by atoms with Crippen molar-refractivity contribution in [3.8, 4) is 0 Å². The van der Waals surface area contributed by atoms with Crippen molar-refractivity contribution < 1.29 is 9.59 Å². The Hall–Kier alpha value is -1.85. The highest BCUT2D eigenvalue weighted by Gasteiger charge is 2.45. The lowest BCUT2D eigenvalue weighted by Crippen LogP contribution is -2.52. The van der Waals surface area contributed by atoms with Crippen LogP contribution in [0.2, 0.25) is 0 Å². The van der Waals surface area contributed by atoms with Crippen molar-refractivity contribution >= 4 is 11.8 Å². The molecule has 2 aliphatic rings. The van der Waals surface area contributed by atoms with E-state index in [4.69, 9.17) is 5.73 Å². The molecule has 6 heteroatoms. The van der Waals surface area contributed by atoms with Crippen LogP contribution in [0, 0.1) is 11.3 Å². The maximum absolute atomic E-state index is 12.4. The SMILES string of the molecule is NC(=O)C1(CC2CC2)CCCN(C(=O)CCn2ccnc2)C1. The first kappa shape index (κ1) is 15.1. The number of hydrogen-bond acceptors (Lipinski definition) is 3. The Morgan fingerprint density at radius 2 is 2.18 bits per heavy atom. The van der Waals surface area contributed by atoms with E-state index < -0.39 is 5.41 Å². The van der Waals surface area contributed by atoms with E-state index >= 15 is 0 Å². The number of amides is 2. The van der Waals surface area contributed by atoms with Gasteiger partial charge in [-0.25, -0.2) is 4.98 Å². The maximum atomic E-state index is 12.4. The molecule has 1 saturated carbocycles. The summed E-state index contributed by atoms with van der Waals surface area (Å²) in [6.07, 6.45) is 10.7. The van der Waals surface area contributed by atoms with E-state index in [9.17, 15) is 9.59 Å². The van der Waals surface area contributed by atoms with Crippen molar-refractivity contribution in [1.29, 1.82) is 0 Å². The molecule has 1 aromatic heterocycles. The summed E-state index contributed by atoms with van der Waals surface area (Å²) in [6.45, 7) is 1.87. The molecule has 2 fully saturated rings. The Kier molecular flexibility index (Phi) is 4.18. The fourth-order valence-corrected chi connectivity index (χ4v) is 3.49. The number of carbonyl (C=O) groups excluding carboxylic acids is 2. The second-order valence-electron chi connectivity index (χ2n) is 6.76. The zero-order valence-electron chi connectivity index (χ0n) is 12.9. The maximum Gasteiger partial charge on any atom is 0.225 e. The highest BCUT2D eigenvalue weighted by atomic mass is 16.2. The van der Waals surface area contributed by atoms with Crippen LogP contribution in [0.3, 0.4) is 0 Å². The zero-order valence-corrected chi connectivity index (χ0v) is 12.9. The molecule has 1 unspecified atom stereocenters. The van der Waals surface area contributed by atoms with Gasteiger partial charge in [0.2, 0.25) is 11.8 Å². The van der Waals surface area contributed by atoms with Crippen LogP contribution < -0.4 is 5.73 Å². The second-order valence-corrected chi connectivity index (χ2v) is 6.76. The quantitative estimate of drug-likeness (QED) is 0.856. The average Bonchev–Trinajstić information content (AvgIpc) is 3.16. The Labute approximate surface area is 130 Å². The fraction of sp³-hybridized carbons (Fsp3) is 0.688. The van der Waals surface area contributed by atoms with Crippen LogP contribution in [0.4, 0.5) is 0 Å². The summed E-state index contributed by atoms with van der Waals surface area (Å²) in [5.41, 5.74) is 5.21. The van der Waals surface area contributed by atoms with Crippen molar-refractivity contribution in [3.63, 3.8) is 0 Å². The summed E-state index contributed by atoms with van der Waals surface area (Å²) in [5.74, 6) is 0.509. The molecule has 0 bridgehead atoms. The van der Waals surface area contributed by atoms with Gasteiger partial charge < -0.3 is 15.2 Å². The van der Waals surface area contributed by atoms with Gasteiger partial charge in [0.15, 0.2) is 0 Å². The van der Waals surface area contributed by atoms with Crippen LogP contribution in [0.5, 0.6) is 0 Å². The van der Waals surface area contributed by atoms with Crippen molar-refractivity contribution in [2.75, 3.05) is 13.1 Å². The lowest BCUT2D eigenvalue weighted by atomic mass is 9.75. The molecule has 1 aromatic rings. The van der Waals surface area contributed by atoms with Crippen molar-refractivity contribution in [3.05, 3.63) is 18.7 Å². The van der Waals surface area contributed by atoms with Gasteiger partial charge in [-0.3, -0.25) is 9.59 Å².